The van der Waals surface area contributed by atoms with Crippen LogP contribution in [0.3, 0.4) is 0 Å². The monoisotopic (exact) mass is 424 g/mol. The molecule has 2 aromatic heterocycles. The number of ether oxygens (including phenoxy) is 3. The lowest BCUT2D eigenvalue weighted by molar-refractivity contribution is 0.0801. The van der Waals surface area contributed by atoms with E-state index in [9.17, 15) is 5.11 Å². The van der Waals surface area contributed by atoms with Crippen molar-refractivity contribution in [3.8, 4) is 28.6 Å². The molecule has 0 saturated carbocycles. The van der Waals surface area contributed by atoms with E-state index in [0.717, 1.165) is 41.6 Å². The van der Waals surface area contributed by atoms with Gasteiger partial charge in [0, 0.05) is 51.9 Å². The maximum Gasteiger partial charge on any atom is 0.219 e. The number of aromatic nitrogens is 3. The Bertz CT molecular complexity index is 975. The third-order valence-corrected chi connectivity index (χ3v) is 6.12. The lowest BCUT2D eigenvalue weighted by Gasteiger charge is -2.10. The third-order valence-electron chi connectivity index (χ3n) is 4.91. The van der Waals surface area contributed by atoms with Crippen molar-refractivity contribution < 1.29 is 19.3 Å². The summed E-state index contributed by atoms with van der Waals surface area (Å²) in [6, 6.07) is 12.6. The second kappa shape index (κ2) is 9.42. The van der Waals surface area contributed by atoms with E-state index in [1.165, 1.54) is 0 Å². The van der Waals surface area contributed by atoms with Gasteiger partial charge in [-0.2, -0.15) is 5.10 Å². The molecule has 1 aromatic carbocycles. The smallest absolute Gasteiger partial charge is 0.219 e. The molecule has 1 atom stereocenters. The molecule has 3 heterocycles. The minimum absolute atomic E-state index is 0.00844. The standard InChI is InChI=1S/C22H26N3O4Si/c1-30(2)10-9-27-15-25-20(7-8-24-25)17-4-6-22(23-13-17)29-18-5-3-16-11-19(14-26)28-21(16)12-18/h3-8,12-13,19,26H,9-11,14-15H2,1-2H3/t19-/m0/s1. The van der Waals surface area contributed by atoms with Gasteiger partial charge in [0.05, 0.1) is 12.3 Å². The minimum Gasteiger partial charge on any atom is -0.487 e. The fraction of sp³-hybridized carbons (Fsp3) is 0.364. The van der Waals surface area contributed by atoms with E-state index in [4.69, 9.17) is 14.2 Å². The number of aliphatic hydroxyl groups excluding tert-OH is 1. The summed E-state index contributed by atoms with van der Waals surface area (Å²) < 4.78 is 19.2. The first kappa shape index (κ1) is 20.6. The average Bonchev–Trinajstić information content (AvgIpc) is 3.38. The largest absolute Gasteiger partial charge is 0.487 e. The van der Waals surface area contributed by atoms with E-state index in [2.05, 4.69) is 23.2 Å². The van der Waals surface area contributed by atoms with Gasteiger partial charge in [0.25, 0.3) is 0 Å². The summed E-state index contributed by atoms with van der Waals surface area (Å²) in [5.74, 6) is 1.91. The van der Waals surface area contributed by atoms with Crippen LogP contribution in [0.25, 0.3) is 11.3 Å². The molecule has 7 nitrogen and oxygen atoms in total. The molecule has 30 heavy (non-hydrogen) atoms. The average molecular weight is 425 g/mol. The Labute approximate surface area is 177 Å². The SMILES string of the molecule is C[Si](C)CCOCn1nccc1-c1ccc(Oc2ccc3c(c2)O[C@H](CO)C3)nc1. The van der Waals surface area contributed by atoms with Crippen molar-refractivity contribution in [2.75, 3.05) is 13.2 Å². The molecule has 0 spiro atoms. The zero-order valence-electron chi connectivity index (χ0n) is 17.2. The summed E-state index contributed by atoms with van der Waals surface area (Å²) in [5, 5.41) is 13.6. The third kappa shape index (κ3) is 4.89. The van der Waals surface area contributed by atoms with Gasteiger partial charge in [0.1, 0.15) is 24.3 Å². The summed E-state index contributed by atoms with van der Waals surface area (Å²) in [4.78, 5) is 4.43. The molecule has 1 aliphatic rings. The van der Waals surface area contributed by atoms with Crippen LogP contribution < -0.4 is 9.47 Å². The summed E-state index contributed by atoms with van der Waals surface area (Å²) >= 11 is 0. The molecular formula is C22H26N3O4Si. The van der Waals surface area contributed by atoms with Crippen molar-refractivity contribution >= 4 is 8.80 Å². The maximum absolute atomic E-state index is 9.27. The van der Waals surface area contributed by atoms with Gasteiger partial charge in [-0.15, -0.1) is 0 Å². The lowest BCUT2D eigenvalue weighted by atomic mass is 10.1. The highest BCUT2D eigenvalue weighted by Gasteiger charge is 2.22. The number of benzene rings is 1. The number of nitrogens with zero attached hydrogens (tertiary/aromatic N) is 3. The zero-order valence-corrected chi connectivity index (χ0v) is 18.2. The van der Waals surface area contributed by atoms with Gasteiger partial charge in [0.2, 0.25) is 5.88 Å². The quantitative estimate of drug-likeness (QED) is 0.416. The van der Waals surface area contributed by atoms with Crippen LogP contribution >= 0.6 is 0 Å². The van der Waals surface area contributed by atoms with Crippen LogP contribution in [0.1, 0.15) is 5.56 Å². The normalized spacial score (nSPS) is 15.3. The summed E-state index contributed by atoms with van der Waals surface area (Å²) in [6.45, 7) is 5.76. The molecule has 0 aliphatic carbocycles. The summed E-state index contributed by atoms with van der Waals surface area (Å²) in [5.41, 5.74) is 2.98. The molecule has 0 saturated heterocycles. The molecule has 0 amide bonds. The van der Waals surface area contributed by atoms with Crippen LogP contribution in [-0.4, -0.2) is 48.0 Å². The molecule has 1 aliphatic heterocycles. The highest BCUT2D eigenvalue weighted by molar-refractivity contribution is 6.55. The van der Waals surface area contributed by atoms with Crippen molar-refractivity contribution in [1.29, 1.82) is 0 Å². The van der Waals surface area contributed by atoms with Crippen LogP contribution in [0.2, 0.25) is 19.1 Å². The molecule has 1 N–H and O–H groups in total. The predicted octanol–water partition coefficient (Wildman–Crippen LogP) is 3.76. The fourth-order valence-corrected chi connectivity index (χ4v) is 3.82. The van der Waals surface area contributed by atoms with Crippen molar-refractivity contribution in [1.82, 2.24) is 14.8 Å². The first-order chi connectivity index (χ1) is 14.6. The van der Waals surface area contributed by atoms with E-state index in [-0.39, 0.29) is 21.5 Å². The molecular weight excluding hydrogens is 398 g/mol. The van der Waals surface area contributed by atoms with Crippen LogP contribution in [0, 0.1) is 0 Å². The minimum atomic E-state index is -0.272. The van der Waals surface area contributed by atoms with E-state index in [1.54, 1.807) is 12.4 Å². The Hall–Kier alpha value is -2.68. The van der Waals surface area contributed by atoms with E-state index in [1.807, 2.05) is 41.1 Å². The maximum atomic E-state index is 9.27. The first-order valence-corrected chi connectivity index (χ1v) is 12.8. The number of hydrogen-bond acceptors (Lipinski definition) is 6. The van der Waals surface area contributed by atoms with Crippen molar-refractivity contribution in [3.05, 3.63) is 54.4 Å². The molecule has 1 radical (unpaired) electrons. The van der Waals surface area contributed by atoms with Gasteiger partial charge < -0.3 is 19.3 Å². The number of rotatable bonds is 9. The van der Waals surface area contributed by atoms with Gasteiger partial charge >= 0.3 is 0 Å². The molecule has 157 valence electrons. The Morgan fingerprint density at radius 2 is 2.13 bits per heavy atom. The van der Waals surface area contributed by atoms with Crippen LogP contribution in [0.4, 0.5) is 0 Å². The Morgan fingerprint density at radius 3 is 2.90 bits per heavy atom. The van der Waals surface area contributed by atoms with Crippen molar-refractivity contribution in [2.45, 2.75) is 38.4 Å². The van der Waals surface area contributed by atoms with E-state index < -0.39 is 0 Å². The molecule has 0 fully saturated rings. The Morgan fingerprint density at radius 1 is 1.23 bits per heavy atom. The van der Waals surface area contributed by atoms with Gasteiger partial charge in [0.15, 0.2) is 0 Å². The summed E-state index contributed by atoms with van der Waals surface area (Å²) in [6.07, 6.45) is 4.08. The topological polar surface area (TPSA) is 78.6 Å². The number of fused-ring (bicyclic) bond motifs is 1. The second-order valence-electron chi connectivity index (χ2n) is 7.59. The summed E-state index contributed by atoms with van der Waals surface area (Å²) in [7, 11) is -0.272. The molecule has 8 heteroatoms. The highest BCUT2D eigenvalue weighted by atomic mass is 28.3. The van der Waals surface area contributed by atoms with Crippen LogP contribution in [-0.2, 0) is 17.9 Å². The van der Waals surface area contributed by atoms with Gasteiger partial charge in [-0.1, -0.05) is 19.2 Å². The van der Waals surface area contributed by atoms with Gasteiger partial charge in [-0.3, -0.25) is 0 Å². The number of aliphatic hydroxyl groups is 1. The first-order valence-electron chi connectivity index (χ1n) is 10.1. The van der Waals surface area contributed by atoms with E-state index in [0.29, 0.717) is 18.4 Å². The zero-order chi connectivity index (χ0) is 20.9. The van der Waals surface area contributed by atoms with Gasteiger partial charge in [-0.05, 0) is 29.8 Å². The van der Waals surface area contributed by atoms with Crippen LogP contribution in [0.15, 0.2) is 48.8 Å². The number of hydrogen-bond donors (Lipinski definition) is 1. The highest BCUT2D eigenvalue weighted by Crippen LogP contribution is 2.34. The lowest BCUT2D eigenvalue weighted by Crippen LogP contribution is -2.17. The van der Waals surface area contributed by atoms with Crippen molar-refractivity contribution in [2.24, 2.45) is 0 Å². The van der Waals surface area contributed by atoms with Crippen molar-refractivity contribution in [3.63, 3.8) is 0 Å². The molecule has 3 aromatic rings. The van der Waals surface area contributed by atoms with Crippen LogP contribution in [0.5, 0.6) is 17.4 Å². The predicted molar refractivity (Wildman–Crippen MR) is 115 cm³/mol. The molecule has 0 bridgehead atoms. The second-order valence-corrected chi connectivity index (χ2v) is 10.5. The Balaban J connectivity index is 1.39. The Kier molecular flexibility index (Phi) is 6.46. The van der Waals surface area contributed by atoms with E-state index >= 15 is 0 Å². The van der Waals surface area contributed by atoms with Gasteiger partial charge in [-0.25, -0.2) is 9.67 Å². The fourth-order valence-electron chi connectivity index (χ4n) is 3.27. The molecule has 0 unspecified atom stereocenters. The number of pyridine rings is 1. The molecule has 4 rings (SSSR count).